The molecule has 0 atom stereocenters. The minimum Gasteiger partial charge on any atom is -0.435 e. The van der Waals surface area contributed by atoms with Crippen LogP contribution in [-0.2, 0) is 0 Å². The van der Waals surface area contributed by atoms with Crippen LogP contribution in [0.25, 0.3) is 0 Å². The quantitative estimate of drug-likeness (QED) is 0.233. The lowest BCUT2D eigenvalue weighted by Crippen LogP contribution is -2.25. The zero-order valence-electron chi connectivity index (χ0n) is 10.6. The Morgan fingerprint density at radius 1 is 1.40 bits per heavy atom. The van der Waals surface area contributed by atoms with Gasteiger partial charge in [0.1, 0.15) is 11.6 Å². The highest BCUT2D eigenvalue weighted by Crippen LogP contribution is 2.14. The summed E-state index contributed by atoms with van der Waals surface area (Å²) < 4.78 is 28.1. The molecule has 1 aromatic rings. The van der Waals surface area contributed by atoms with Gasteiger partial charge in [-0.25, -0.2) is 0 Å². The summed E-state index contributed by atoms with van der Waals surface area (Å²) in [5.41, 5.74) is 5.60. The van der Waals surface area contributed by atoms with Crippen molar-refractivity contribution in [1.29, 1.82) is 0 Å². The van der Waals surface area contributed by atoms with Crippen LogP contribution in [0.4, 0.5) is 8.78 Å². The predicted molar refractivity (Wildman–Crippen MR) is 68.1 cm³/mol. The van der Waals surface area contributed by atoms with E-state index in [1.165, 1.54) is 24.3 Å². The van der Waals surface area contributed by atoms with Gasteiger partial charge < -0.3 is 21.0 Å². The highest BCUT2D eigenvalue weighted by Gasteiger charge is 2.07. The number of hydrogen-bond acceptors (Lipinski definition) is 4. The van der Waals surface area contributed by atoms with Crippen LogP contribution in [0.5, 0.6) is 5.75 Å². The molecule has 0 aliphatic carbocycles. The summed E-state index contributed by atoms with van der Waals surface area (Å²) in [6, 6.07) is 5.35. The topological polar surface area (TPSA) is 96.9 Å². The van der Waals surface area contributed by atoms with Crippen LogP contribution in [0.1, 0.15) is 23.2 Å². The Morgan fingerprint density at radius 2 is 2.05 bits per heavy atom. The molecule has 0 radical (unpaired) electrons. The van der Waals surface area contributed by atoms with Crippen molar-refractivity contribution in [2.45, 2.75) is 19.5 Å². The number of halogens is 2. The molecular formula is C12H15F2N3O3. The largest absolute Gasteiger partial charge is 0.435 e. The zero-order valence-corrected chi connectivity index (χ0v) is 10.6. The molecule has 0 saturated carbocycles. The number of benzene rings is 1. The molecule has 0 saturated heterocycles. The van der Waals surface area contributed by atoms with Crippen molar-refractivity contribution < 1.29 is 23.5 Å². The maximum atomic E-state index is 11.9. The van der Waals surface area contributed by atoms with E-state index >= 15 is 0 Å². The summed E-state index contributed by atoms with van der Waals surface area (Å²) in [6.07, 6.45) is 0.881. The van der Waals surface area contributed by atoms with Gasteiger partial charge in [0.25, 0.3) is 5.91 Å². The second-order valence-electron chi connectivity index (χ2n) is 3.85. The van der Waals surface area contributed by atoms with Crippen molar-refractivity contribution in [2.75, 3.05) is 6.54 Å². The molecule has 0 aromatic heterocycles. The number of carbonyl (C=O) groups is 1. The van der Waals surface area contributed by atoms with Crippen LogP contribution >= 0.6 is 0 Å². The fourth-order valence-corrected chi connectivity index (χ4v) is 1.41. The smallest absolute Gasteiger partial charge is 0.387 e. The first-order chi connectivity index (χ1) is 9.52. The summed E-state index contributed by atoms with van der Waals surface area (Å²) in [4.78, 5) is 11.7. The van der Waals surface area contributed by atoms with E-state index in [1.807, 2.05) is 0 Å². The second-order valence-corrected chi connectivity index (χ2v) is 3.85. The molecule has 1 rings (SSSR count). The summed E-state index contributed by atoms with van der Waals surface area (Å²) in [7, 11) is 0. The van der Waals surface area contributed by atoms with Crippen LogP contribution in [-0.4, -0.2) is 30.1 Å². The molecule has 4 N–H and O–H groups in total. The average molecular weight is 287 g/mol. The number of nitrogens with one attached hydrogen (secondary N) is 1. The van der Waals surface area contributed by atoms with Crippen LogP contribution in [0, 0.1) is 0 Å². The highest BCUT2D eigenvalue weighted by molar-refractivity contribution is 5.94. The Bertz CT molecular complexity index is 464. The van der Waals surface area contributed by atoms with Gasteiger partial charge in [0.05, 0.1) is 0 Å². The Morgan fingerprint density at radius 3 is 2.60 bits per heavy atom. The third-order valence-corrected chi connectivity index (χ3v) is 2.37. The minimum absolute atomic E-state index is 0.0107. The fraction of sp³-hybridized carbons (Fsp3) is 0.333. The predicted octanol–water partition coefficient (Wildman–Crippen LogP) is 1.54. The van der Waals surface area contributed by atoms with Crippen molar-refractivity contribution in [3.63, 3.8) is 0 Å². The van der Waals surface area contributed by atoms with Gasteiger partial charge >= 0.3 is 6.61 Å². The standard InChI is InChI=1S/C12H15F2N3O3/c13-12(14)20-9-5-3-8(4-6-9)11(18)16-7-1-2-10(15)17-19/h3-6,12,19H,1-2,7H2,(H2,15,17)(H,16,18). The molecule has 110 valence electrons. The molecular weight excluding hydrogens is 272 g/mol. The number of amides is 1. The van der Waals surface area contributed by atoms with E-state index in [-0.39, 0.29) is 17.5 Å². The Kier molecular flexibility index (Phi) is 6.21. The average Bonchev–Trinajstić information content (AvgIpc) is 2.43. The van der Waals surface area contributed by atoms with Crippen molar-refractivity contribution in [2.24, 2.45) is 10.9 Å². The summed E-state index contributed by atoms with van der Waals surface area (Å²) in [5.74, 6) is -0.260. The molecule has 0 unspecified atom stereocenters. The molecule has 0 spiro atoms. The van der Waals surface area contributed by atoms with Crippen molar-refractivity contribution in [1.82, 2.24) is 5.32 Å². The van der Waals surface area contributed by atoms with Gasteiger partial charge in [0.15, 0.2) is 0 Å². The van der Waals surface area contributed by atoms with Gasteiger partial charge in [-0.15, -0.1) is 0 Å². The van der Waals surface area contributed by atoms with E-state index in [9.17, 15) is 13.6 Å². The van der Waals surface area contributed by atoms with Gasteiger partial charge in [0, 0.05) is 18.5 Å². The first-order valence-electron chi connectivity index (χ1n) is 5.82. The number of carbonyl (C=O) groups excluding carboxylic acids is 1. The monoisotopic (exact) mass is 287 g/mol. The lowest BCUT2D eigenvalue weighted by atomic mass is 10.2. The summed E-state index contributed by atoms with van der Waals surface area (Å²) >= 11 is 0. The molecule has 0 aliphatic heterocycles. The third-order valence-electron chi connectivity index (χ3n) is 2.37. The number of ether oxygens (including phenoxy) is 1. The molecule has 8 heteroatoms. The van der Waals surface area contributed by atoms with Crippen molar-refractivity contribution >= 4 is 11.7 Å². The normalized spacial score (nSPS) is 11.4. The van der Waals surface area contributed by atoms with Crippen LogP contribution in [0.2, 0.25) is 0 Å². The number of alkyl halides is 2. The van der Waals surface area contributed by atoms with E-state index in [0.29, 0.717) is 24.9 Å². The molecule has 6 nitrogen and oxygen atoms in total. The Balaban J connectivity index is 2.40. The van der Waals surface area contributed by atoms with Crippen molar-refractivity contribution in [3.8, 4) is 5.75 Å². The van der Waals surface area contributed by atoms with Crippen molar-refractivity contribution in [3.05, 3.63) is 29.8 Å². The van der Waals surface area contributed by atoms with E-state index in [1.54, 1.807) is 0 Å². The van der Waals surface area contributed by atoms with Crippen LogP contribution in [0.15, 0.2) is 29.4 Å². The summed E-state index contributed by atoms with van der Waals surface area (Å²) in [5, 5.41) is 13.7. The number of hydrogen-bond donors (Lipinski definition) is 3. The highest BCUT2D eigenvalue weighted by atomic mass is 19.3. The number of nitrogens with zero attached hydrogens (tertiary/aromatic N) is 1. The lowest BCUT2D eigenvalue weighted by molar-refractivity contribution is -0.0498. The molecule has 0 heterocycles. The Labute approximate surface area is 114 Å². The van der Waals surface area contributed by atoms with Gasteiger partial charge in [-0.05, 0) is 30.7 Å². The van der Waals surface area contributed by atoms with E-state index in [2.05, 4.69) is 15.2 Å². The fourth-order valence-electron chi connectivity index (χ4n) is 1.41. The Hall–Kier alpha value is -2.38. The van der Waals surface area contributed by atoms with E-state index in [0.717, 1.165) is 0 Å². The number of oxime groups is 1. The molecule has 20 heavy (non-hydrogen) atoms. The number of amidine groups is 1. The van der Waals surface area contributed by atoms with Crippen LogP contribution in [0.3, 0.4) is 0 Å². The molecule has 0 aliphatic rings. The molecule has 1 amide bonds. The minimum atomic E-state index is -2.90. The first kappa shape index (κ1) is 15.7. The summed E-state index contributed by atoms with van der Waals surface area (Å²) in [6.45, 7) is -2.54. The first-order valence-corrected chi connectivity index (χ1v) is 5.82. The molecule has 0 fully saturated rings. The van der Waals surface area contributed by atoms with Gasteiger partial charge in [0.2, 0.25) is 0 Å². The molecule has 0 bridgehead atoms. The molecule has 1 aromatic carbocycles. The second kappa shape index (κ2) is 7.93. The van der Waals surface area contributed by atoms with E-state index in [4.69, 9.17) is 10.9 Å². The zero-order chi connectivity index (χ0) is 15.0. The number of nitrogens with two attached hydrogens (primary N) is 1. The number of rotatable bonds is 7. The maximum absolute atomic E-state index is 11.9. The van der Waals surface area contributed by atoms with Crippen LogP contribution < -0.4 is 15.8 Å². The van der Waals surface area contributed by atoms with Gasteiger partial charge in [-0.3, -0.25) is 4.79 Å². The SMILES string of the molecule is NC(CCCNC(=O)c1ccc(OC(F)F)cc1)=NO. The lowest BCUT2D eigenvalue weighted by Gasteiger charge is -2.07. The maximum Gasteiger partial charge on any atom is 0.387 e. The van der Waals surface area contributed by atoms with Gasteiger partial charge in [-0.1, -0.05) is 5.16 Å². The van der Waals surface area contributed by atoms with E-state index < -0.39 is 6.61 Å². The third kappa shape index (κ3) is 5.51. The van der Waals surface area contributed by atoms with Gasteiger partial charge in [-0.2, -0.15) is 8.78 Å².